The number of nitrogens with one attached hydrogen (secondary N) is 1. The summed E-state index contributed by atoms with van der Waals surface area (Å²) < 4.78 is 0. The number of aromatic nitrogens is 2. The average molecular weight is 176 g/mol. The maximum absolute atomic E-state index is 9.24. The Labute approximate surface area is 76.4 Å². The topological polar surface area (TPSA) is 48.9 Å². The van der Waals surface area contributed by atoms with Gasteiger partial charge >= 0.3 is 0 Å². The molecule has 0 amide bonds. The molecule has 3 nitrogen and oxygen atoms in total. The maximum atomic E-state index is 9.24. The molecule has 0 saturated carbocycles. The molecule has 0 aliphatic carbocycles. The fraction of sp³-hybridized carbons (Fsp3) is 0.300. The summed E-state index contributed by atoms with van der Waals surface area (Å²) in [5.41, 5.74) is 1.96. The maximum Gasteiger partial charge on any atom is 0.0923 e. The number of aromatic amines is 1. The highest BCUT2D eigenvalue weighted by atomic mass is 16.3. The number of hydrogen-bond donors (Lipinski definition) is 2. The van der Waals surface area contributed by atoms with Crippen LogP contribution in [0.25, 0.3) is 10.9 Å². The van der Waals surface area contributed by atoms with Crippen molar-refractivity contribution < 1.29 is 5.11 Å². The fourth-order valence-electron chi connectivity index (χ4n) is 1.47. The smallest absolute Gasteiger partial charge is 0.0923 e. The van der Waals surface area contributed by atoms with Crippen LogP contribution >= 0.6 is 0 Å². The van der Waals surface area contributed by atoms with Crippen molar-refractivity contribution >= 4 is 10.9 Å². The minimum atomic E-state index is -0.330. The van der Waals surface area contributed by atoms with Crippen LogP contribution in [0.15, 0.2) is 24.3 Å². The van der Waals surface area contributed by atoms with Crippen LogP contribution in [0.3, 0.4) is 0 Å². The second kappa shape index (κ2) is 3.18. The number of para-hydroxylation sites is 1. The molecule has 68 valence electrons. The molecule has 0 aliphatic heterocycles. The van der Waals surface area contributed by atoms with E-state index in [1.807, 2.05) is 24.3 Å². The Morgan fingerprint density at radius 3 is 3.00 bits per heavy atom. The second-order valence-electron chi connectivity index (χ2n) is 3.27. The largest absolute Gasteiger partial charge is 0.393 e. The van der Waals surface area contributed by atoms with Gasteiger partial charge in [-0.05, 0) is 13.0 Å². The zero-order valence-electron chi connectivity index (χ0n) is 7.49. The SMILES string of the molecule is C[C@H](O)Cc1[nH]nc2ccccc12. The Balaban J connectivity index is 2.46. The van der Waals surface area contributed by atoms with Gasteiger partial charge in [0.05, 0.1) is 11.6 Å². The molecule has 0 saturated heterocycles. The van der Waals surface area contributed by atoms with Crippen LogP contribution in [0, 0.1) is 0 Å². The van der Waals surface area contributed by atoms with Crippen LogP contribution in [-0.4, -0.2) is 21.4 Å². The van der Waals surface area contributed by atoms with Crippen LogP contribution < -0.4 is 0 Å². The van der Waals surface area contributed by atoms with Crippen LogP contribution in [0.5, 0.6) is 0 Å². The van der Waals surface area contributed by atoms with E-state index in [1.165, 1.54) is 0 Å². The van der Waals surface area contributed by atoms with Gasteiger partial charge in [-0.25, -0.2) is 0 Å². The number of hydrogen-bond acceptors (Lipinski definition) is 2. The Kier molecular flexibility index (Phi) is 2.02. The summed E-state index contributed by atoms with van der Waals surface area (Å²) >= 11 is 0. The molecular formula is C10H12N2O. The Morgan fingerprint density at radius 1 is 1.46 bits per heavy atom. The van der Waals surface area contributed by atoms with Crippen molar-refractivity contribution in [1.29, 1.82) is 0 Å². The van der Waals surface area contributed by atoms with Gasteiger partial charge in [-0.15, -0.1) is 0 Å². The van der Waals surface area contributed by atoms with E-state index in [0.29, 0.717) is 6.42 Å². The highest BCUT2D eigenvalue weighted by Crippen LogP contribution is 2.16. The molecule has 1 heterocycles. The Hall–Kier alpha value is -1.35. The molecular weight excluding hydrogens is 164 g/mol. The lowest BCUT2D eigenvalue weighted by Gasteiger charge is -2.00. The number of aliphatic hydroxyl groups is 1. The highest BCUT2D eigenvalue weighted by molar-refractivity contribution is 5.81. The normalized spacial score (nSPS) is 13.4. The molecule has 0 aliphatic rings. The standard InChI is InChI=1S/C10H12N2O/c1-7(13)6-10-8-4-2-3-5-9(8)11-12-10/h2-5,7,13H,6H2,1H3,(H,11,12)/t7-/m0/s1. The predicted molar refractivity (Wildman–Crippen MR) is 51.5 cm³/mol. The molecule has 2 N–H and O–H groups in total. The van der Waals surface area contributed by atoms with Gasteiger partial charge in [0.25, 0.3) is 0 Å². The van der Waals surface area contributed by atoms with Crippen molar-refractivity contribution in [3.63, 3.8) is 0 Å². The van der Waals surface area contributed by atoms with Crippen LogP contribution in [0.4, 0.5) is 0 Å². The molecule has 0 fully saturated rings. The summed E-state index contributed by atoms with van der Waals surface area (Å²) in [5, 5.41) is 17.4. The lowest BCUT2D eigenvalue weighted by atomic mass is 10.1. The number of benzene rings is 1. The van der Waals surface area contributed by atoms with Gasteiger partial charge in [-0.1, -0.05) is 18.2 Å². The van der Waals surface area contributed by atoms with Gasteiger partial charge in [-0.2, -0.15) is 5.10 Å². The van der Waals surface area contributed by atoms with Crippen molar-refractivity contribution in [3.8, 4) is 0 Å². The Bertz CT molecular complexity index is 406. The first-order valence-electron chi connectivity index (χ1n) is 4.37. The first kappa shape index (κ1) is 8.26. The molecule has 0 spiro atoms. The van der Waals surface area contributed by atoms with Crippen molar-refractivity contribution in [3.05, 3.63) is 30.0 Å². The minimum absolute atomic E-state index is 0.330. The third-order valence-electron chi connectivity index (χ3n) is 2.04. The van der Waals surface area contributed by atoms with Gasteiger partial charge in [0.15, 0.2) is 0 Å². The summed E-state index contributed by atoms with van der Waals surface area (Å²) in [6.45, 7) is 1.77. The first-order chi connectivity index (χ1) is 6.27. The number of nitrogens with zero attached hydrogens (tertiary/aromatic N) is 1. The summed E-state index contributed by atoms with van der Waals surface area (Å²) in [6.07, 6.45) is 0.296. The highest BCUT2D eigenvalue weighted by Gasteiger charge is 2.06. The van der Waals surface area contributed by atoms with Crippen molar-refractivity contribution in [1.82, 2.24) is 10.2 Å². The van der Waals surface area contributed by atoms with E-state index in [0.717, 1.165) is 16.6 Å². The molecule has 3 heteroatoms. The predicted octanol–water partition coefficient (Wildman–Crippen LogP) is 1.49. The van der Waals surface area contributed by atoms with Crippen molar-refractivity contribution in [2.75, 3.05) is 0 Å². The second-order valence-corrected chi connectivity index (χ2v) is 3.27. The molecule has 1 aromatic heterocycles. The van der Waals surface area contributed by atoms with E-state index in [1.54, 1.807) is 6.92 Å². The van der Waals surface area contributed by atoms with Crippen molar-refractivity contribution in [2.45, 2.75) is 19.4 Å². The average Bonchev–Trinajstić information content (AvgIpc) is 2.48. The van der Waals surface area contributed by atoms with Gasteiger partial charge < -0.3 is 5.11 Å². The third kappa shape index (κ3) is 1.55. The van der Waals surface area contributed by atoms with Crippen LogP contribution in [0.1, 0.15) is 12.6 Å². The van der Waals surface area contributed by atoms with E-state index in [2.05, 4.69) is 10.2 Å². The monoisotopic (exact) mass is 176 g/mol. The number of fused-ring (bicyclic) bond motifs is 1. The number of H-pyrrole nitrogens is 1. The Morgan fingerprint density at radius 2 is 2.23 bits per heavy atom. The molecule has 0 bridgehead atoms. The van der Waals surface area contributed by atoms with Gasteiger partial charge in [0, 0.05) is 17.5 Å². The molecule has 13 heavy (non-hydrogen) atoms. The molecule has 0 radical (unpaired) electrons. The molecule has 2 aromatic rings. The summed E-state index contributed by atoms with van der Waals surface area (Å²) in [6, 6.07) is 7.90. The van der Waals surface area contributed by atoms with E-state index in [9.17, 15) is 5.11 Å². The van der Waals surface area contributed by atoms with Gasteiger partial charge in [0.1, 0.15) is 0 Å². The molecule has 2 rings (SSSR count). The van der Waals surface area contributed by atoms with Gasteiger partial charge in [-0.3, -0.25) is 5.10 Å². The zero-order chi connectivity index (χ0) is 9.26. The van der Waals surface area contributed by atoms with Gasteiger partial charge in [0.2, 0.25) is 0 Å². The van der Waals surface area contributed by atoms with E-state index >= 15 is 0 Å². The summed E-state index contributed by atoms with van der Waals surface area (Å²) in [5.74, 6) is 0. The van der Waals surface area contributed by atoms with E-state index in [-0.39, 0.29) is 6.10 Å². The van der Waals surface area contributed by atoms with E-state index in [4.69, 9.17) is 0 Å². The number of rotatable bonds is 2. The van der Waals surface area contributed by atoms with E-state index < -0.39 is 0 Å². The van der Waals surface area contributed by atoms with Crippen molar-refractivity contribution in [2.24, 2.45) is 0 Å². The lowest BCUT2D eigenvalue weighted by molar-refractivity contribution is 0.194. The van der Waals surface area contributed by atoms with Crippen LogP contribution in [-0.2, 0) is 6.42 Å². The fourth-order valence-corrected chi connectivity index (χ4v) is 1.47. The molecule has 1 aromatic carbocycles. The summed E-state index contributed by atoms with van der Waals surface area (Å²) in [4.78, 5) is 0. The quantitative estimate of drug-likeness (QED) is 0.728. The van der Waals surface area contributed by atoms with Crippen LogP contribution in [0.2, 0.25) is 0 Å². The first-order valence-corrected chi connectivity index (χ1v) is 4.37. The zero-order valence-corrected chi connectivity index (χ0v) is 7.49. The molecule has 0 unspecified atom stereocenters. The lowest BCUT2D eigenvalue weighted by Crippen LogP contribution is -2.04. The minimum Gasteiger partial charge on any atom is -0.393 e. The molecule has 1 atom stereocenters. The number of aliphatic hydroxyl groups excluding tert-OH is 1. The third-order valence-corrected chi connectivity index (χ3v) is 2.04. The summed E-state index contributed by atoms with van der Waals surface area (Å²) in [7, 11) is 0.